The third kappa shape index (κ3) is 5.02. The van der Waals surface area contributed by atoms with Crippen LogP contribution in [0, 0.1) is 5.82 Å². The summed E-state index contributed by atoms with van der Waals surface area (Å²) in [6.07, 6.45) is 2.89. The van der Waals surface area contributed by atoms with Crippen LogP contribution in [0.2, 0.25) is 0 Å². The summed E-state index contributed by atoms with van der Waals surface area (Å²) in [5.74, 6) is -0.0677. The standard InChI is InChI=1S/C23H26FN3O5S/c1-31-18-6-8-19(9-7-18)33(29,30)27-14-11-23(12-15-27)16-21(26-32-23)22(28)25-13-10-17-4-2-3-5-20(17)24/h2-9,16,26H,10-15H2,1H3,(H,25,28). The first-order valence-corrected chi connectivity index (χ1v) is 12.1. The number of methoxy groups -OCH3 is 1. The van der Waals surface area contributed by atoms with Crippen molar-refractivity contribution in [2.75, 3.05) is 26.7 Å². The molecule has 0 aromatic heterocycles. The first-order chi connectivity index (χ1) is 15.8. The number of rotatable bonds is 7. The SMILES string of the molecule is COc1ccc(S(=O)(=O)N2CCC3(C=C(C(=O)NCCc4ccccc4F)NO3)CC2)cc1. The molecule has 0 atom stereocenters. The van der Waals surface area contributed by atoms with Crippen LogP contribution in [-0.2, 0) is 26.1 Å². The fourth-order valence-electron chi connectivity index (χ4n) is 3.95. The normalized spacial score (nSPS) is 17.9. The number of piperidine rings is 1. The molecule has 2 aromatic carbocycles. The van der Waals surface area contributed by atoms with Crippen molar-refractivity contribution in [2.24, 2.45) is 0 Å². The molecule has 0 aliphatic carbocycles. The second-order valence-electron chi connectivity index (χ2n) is 8.00. The summed E-state index contributed by atoms with van der Waals surface area (Å²) in [4.78, 5) is 18.4. The van der Waals surface area contributed by atoms with Crippen molar-refractivity contribution >= 4 is 15.9 Å². The van der Waals surface area contributed by atoms with Gasteiger partial charge in [0.25, 0.3) is 5.91 Å². The van der Waals surface area contributed by atoms with Gasteiger partial charge < -0.3 is 10.1 Å². The van der Waals surface area contributed by atoms with Gasteiger partial charge in [0, 0.05) is 19.6 Å². The maximum absolute atomic E-state index is 13.7. The van der Waals surface area contributed by atoms with Crippen LogP contribution in [0.5, 0.6) is 5.75 Å². The van der Waals surface area contributed by atoms with E-state index in [4.69, 9.17) is 9.57 Å². The monoisotopic (exact) mass is 475 g/mol. The molecule has 2 N–H and O–H groups in total. The number of hydrogen-bond acceptors (Lipinski definition) is 6. The summed E-state index contributed by atoms with van der Waals surface area (Å²) < 4.78 is 46.1. The highest BCUT2D eigenvalue weighted by molar-refractivity contribution is 7.89. The van der Waals surface area contributed by atoms with Gasteiger partial charge in [-0.3, -0.25) is 15.1 Å². The maximum Gasteiger partial charge on any atom is 0.269 e. The van der Waals surface area contributed by atoms with Gasteiger partial charge in [-0.25, -0.2) is 12.8 Å². The minimum Gasteiger partial charge on any atom is -0.497 e. The number of carbonyl (C=O) groups excluding carboxylic acids is 1. The predicted molar refractivity (Wildman–Crippen MR) is 119 cm³/mol. The Kier molecular flexibility index (Phi) is 6.68. The van der Waals surface area contributed by atoms with E-state index in [9.17, 15) is 17.6 Å². The van der Waals surface area contributed by atoms with Crippen molar-refractivity contribution in [3.05, 3.63) is 71.7 Å². The number of hydrogen-bond donors (Lipinski definition) is 2. The smallest absolute Gasteiger partial charge is 0.269 e. The Balaban J connectivity index is 1.33. The van der Waals surface area contributed by atoms with Crippen LogP contribution in [0.3, 0.4) is 0 Å². The Labute approximate surface area is 192 Å². The van der Waals surface area contributed by atoms with E-state index in [1.165, 1.54) is 29.6 Å². The van der Waals surface area contributed by atoms with Gasteiger partial charge in [0.05, 0.1) is 12.0 Å². The Morgan fingerprint density at radius 2 is 1.88 bits per heavy atom. The first-order valence-electron chi connectivity index (χ1n) is 10.7. The van der Waals surface area contributed by atoms with Crippen LogP contribution in [0.15, 0.2) is 65.2 Å². The number of nitrogens with zero attached hydrogens (tertiary/aromatic N) is 1. The number of hydroxylamine groups is 1. The quantitative estimate of drug-likeness (QED) is 0.637. The summed E-state index contributed by atoms with van der Waals surface area (Å²) in [5.41, 5.74) is 2.73. The molecule has 0 saturated carbocycles. The molecule has 2 aliphatic rings. The van der Waals surface area contributed by atoms with Crippen molar-refractivity contribution in [2.45, 2.75) is 29.8 Å². The summed E-state index contributed by atoms with van der Waals surface area (Å²) in [6, 6.07) is 12.7. The number of benzene rings is 2. The van der Waals surface area contributed by atoms with E-state index in [1.54, 1.807) is 36.4 Å². The van der Waals surface area contributed by atoms with Gasteiger partial charge in [-0.2, -0.15) is 4.31 Å². The van der Waals surface area contributed by atoms with Crippen LogP contribution in [-0.4, -0.2) is 51.0 Å². The van der Waals surface area contributed by atoms with Gasteiger partial charge >= 0.3 is 0 Å². The largest absolute Gasteiger partial charge is 0.497 e. The van der Waals surface area contributed by atoms with Gasteiger partial charge in [0.2, 0.25) is 10.0 Å². The molecule has 176 valence electrons. The molecular formula is C23H26FN3O5S. The lowest BCUT2D eigenvalue weighted by molar-refractivity contribution is -0.120. The Hall–Kier alpha value is -2.95. The van der Waals surface area contributed by atoms with Crippen LogP contribution >= 0.6 is 0 Å². The van der Waals surface area contributed by atoms with E-state index < -0.39 is 15.6 Å². The number of carbonyl (C=O) groups is 1. The minimum absolute atomic E-state index is 0.204. The topological polar surface area (TPSA) is 97.0 Å². The molecule has 10 heteroatoms. The zero-order valence-electron chi connectivity index (χ0n) is 18.2. The van der Waals surface area contributed by atoms with Crippen LogP contribution in [0.25, 0.3) is 0 Å². The highest BCUT2D eigenvalue weighted by Gasteiger charge is 2.42. The third-order valence-corrected chi connectivity index (χ3v) is 7.83. The number of nitrogens with one attached hydrogen (secondary N) is 2. The molecule has 8 nitrogen and oxygen atoms in total. The van der Waals surface area contributed by atoms with Crippen molar-refractivity contribution < 1.29 is 27.2 Å². The summed E-state index contributed by atoms with van der Waals surface area (Å²) >= 11 is 0. The molecule has 1 spiro atoms. The number of ether oxygens (including phenoxy) is 1. The Bertz CT molecular complexity index is 1140. The molecule has 2 heterocycles. The lowest BCUT2D eigenvalue weighted by atomic mass is 9.92. The summed E-state index contributed by atoms with van der Waals surface area (Å²) in [5, 5.41) is 2.75. The fourth-order valence-corrected chi connectivity index (χ4v) is 5.39. The molecule has 4 rings (SSSR count). The van der Waals surface area contributed by atoms with E-state index in [1.807, 2.05) is 0 Å². The molecule has 1 saturated heterocycles. The van der Waals surface area contributed by atoms with Crippen molar-refractivity contribution in [1.29, 1.82) is 0 Å². The van der Waals surface area contributed by atoms with E-state index in [0.29, 0.717) is 30.6 Å². The molecule has 0 bridgehead atoms. The highest BCUT2D eigenvalue weighted by Crippen LogP contribution is 2.34. The van der Waals surface area contributed by atoms with Gasteiger partial charge in [-0.15, -0.1) is 0 Å². The molecule has 1 fully saturated rings. The van der Waals surface area contributed by atoms with E-state index in [-0.39, 0.29) is 42.0 Å². The second kappa shape index (κ2) is 9.50. The Morgan fingerprint density at radius 1 is 1.18 bits per heavy atom. The minimum atomic E-state index is -3.63. The fraction of sp³-hybridized carbons (Fsp3) is 0.348. The zero-order valence-corrected chi connectivity index (χ0v) is 19.0. The van der Waals surface area contributed by atoms with Gasteiger partial charge in [0.15, 0.2) is 0 Å². The van der Waals surface area contributed by atoms with Crippen LogP contribution in [0.1, 0.15) is 18.4 Å². The molecular weight excluding hydrogens is 449 g/mol. The summed E-state index contributed by atoms with van der Waals surface area (Å²) in [7, 11) is -2.11. The van der Waals surface area contributed by atoms with Crippen LogP contribution < -0.4 is 15.5 Å². The molecule has 0 radical (unpaired) electrons. The highest BCUT2D eigenvalue weighted by atomic mass is 32.2. The first kappa shape index (κ1) is 23.2. The predicted octanol–water partition coefficient (Wildman–Crippen LogP) is 2.14. The average Bonchev–Trinajstić information content (AvgIpc) is 3.24. The van der Waals surface area contributed by atoms with Crippen molar-refractivity contribution in [3.8, 4) is 5.75 Å². The second-order valence-corrected chi connectivity index (χ2v) is 9.94. The molecule has 2 aromatic rings. The number of sulfonamides is 1. The van der Waals surface area contributed by atoms with Gasteiger partial charge in [-0.1, -0.05) is 18.2 Å². The lowest BCUT2D eigenvalue weighted by Gasteiger charge is -2.35. The van der Waals surface area contributed by atoms with Crippen LogP contribution in [0.4, 0.5) is 4.39 Å². The average molecular weight is 476 g/mol. The summed E-state index contributed by atoms with van der Waals surface area (Å²) in [6.45, 7) is 0.795. The third-order valence-electron chi connectivity index (χ3n) is 5.92. The van der Waals surface area contributed by atoms with Gasteiger partial charge in [-0.05, 0) is 61.2 Å². The van der Waals surface area contributed by atoms with Gasteiger partial charge in [0.1, 0.15) is 22.9 Å². The zero-order chi connectivity index (χ0) is 23.5. The molecule has 33 heavy (non-hydrogen) atoms. The van der Waals surface area contributed by atoms with Crippen molar-refractivity contribution in [1.82, 2.24) is 15.1 Å². The maximum atomic E-state index is 13.7. The number of amides is 1. The van der Waals surface area contributed by atoms with E-state index in [2.05, 4.69) is 10.8 Å². The Morgan fingerprint density at radius 3 is 2.55 bits per heavy atom. The van der Waals surface area contributed by atoms with E-state index in [0.717, 1.165) is 0 Å². The molecule has 1 amide bonds. The van der Waals surface area contributed by atoms with Crippen molar-refractivity contribution in [3.63, 3.8) is 0 Å². The molecule has 2 aliphatic heterocycles. The lowest BCUT2D eigenvalue weighted by Crippen LogP contribution is -2.46. The van der Waals surface area contributed by atoms with E-state index >= 15 is 0 Å². The number of halogens is 1. The molecule has 0 unspecified atom stereocenters.